The molecule has 3 heteroatoms. The Hall–Kier alpha value is -2.94. The normalized spacial score (nSPS) is 13.0. The highest BCUT2D eigenvalue weighted by atomic mass is 16.5. The van der Waals surface area contributed by atoms with E-state index < -0.39 is 0 Å². The largest absolute Gasteiger partial charge is 0.431 e. The predicted octanol–water partition coefficient (Wildman–Crippen LogP) is 5.13. The van der Waals surface area contributed by atoms with Crippen LogP contribution in [0.5, 0.6) is 5.75 Å². The monoisotopic (exact) mass is 287 g/mol. The number of para-hydroxylation sites is 2. The van der Waals surface area contributed by atoms with Crippen molar-refractivity contribution in [3.63, 3.8) is 0 Å². The smallest absolute Gasteiger partial charge is 0.317 e. The first kappa shape index (κ1) is 12.8. The first-order valence-corrected chi connectivity index (χ1v) is 7.27. The third kappa shape index (κ3) is 2.27. The Morgan fingerprint density at radius 2 is 1.50 bits per heavy atom. The van der Waals surface area contributed by atoms with E-state index in [1.54, 1.807) is 0 Å². The molecule has 0 saturated heterocycles. The van der Waals surface area contributed by atoms with Crippen LogP contribution in [0.15, 0.2) is 84.0 Å². The lowest BCUT2D eigenvalue weighted by molar-refractivity contribution is -0.544. The summed E-state index contributed by atoms with van der Waals surface area (Å²) in [5.74, 6) is 0.848. The van der Waals surface area contributed by atoms with E-state index in [2.05, 4.69) is 18.2 Å². The summed E-state index contributed by atoms with van der Waals surface area (Å²) < 4.78 is 7.88. The molecule has 0 radical (unpaired) electrons. The first-order valence-electron chi connectivity index (χ1n) is 7.27. The molecule has 106 valence electrons. The molecule has 0 spiro atoms. The van der Waals surface area contributed by atoms with E-state index in [-0.39, 0.29) is 0 Å². The number of ether oxygens (including phenoxy) is 1. The summed E-state index contributed by atoms with van der Waals surface area (Å²) in [6, 6.07) is 26.4. The minimum absolute atomic E-state index is 0.418. The van der Waals surface area contributed by atoms with E-state index in [9.17, 15) is 0 Å². The van der Waals surface area contributed by atoms with Gasteiger partial charge in [-0.1, -0.05) is 60.7 Å². The fourth-order valence-electron chi connectivity index (χ4n) is 2.62. The van der Waals surface area contributed by atoms with Gasteiger partial charge in [0.25, 0.3) is 0 Å². The van der Waals surface area contributed by atoms with Crippen molar-refractivity contribution < 1.29 is 9.43 Å². The van der Waals surface area contributed by atoms with Crippen LogP contribution in [-0.2, 0) is 0 Å². The molecule has 0 atom stereocenters. The number of benzene rings is 3. The van der Waals surface area contributed by atoms with E-state index in [1.165, 1.54) is 0 Å². The maximum Gasteiger partial charge on any atom is 0.317 e. The van der Waals surface area contributed by atoms with Gasteiger partial charge in [0.15, 0.2) is 11.4 Å². The van der Waals surface area contributed by atoms with Crippen LogP contribution in [-0.4, -0.2) is 11.4 Å². The molecule has 0 aromatic heterocycles. The van der Waals surface area contributed by atoms with Crippen LogP contribution in [0.3, 0.4) is 0 Å². The Balaban J connectivity index is 1.80. The zero-order valence-electron chi connectivity index (χ0n) is 12.0. The van der Waals surface area contributed by atoms with Gasteiger partial charge >= 0.3 is 6.73 Å². The summed E-state index contributed by atoms with van der Waals surface area (Å²) >= 11 is 0. The van der Waals surface area contributed by atoms with Gasteiger partial charge in [-0.2, -0.15) is 0 Å². The fourth-order valence-corrected chi connectivity index (χ4v) is 2.62. The number of hydrogen-bond acceptors (Lipinski definition) is 2. The Morgan fingerprint density at radius 3 is 2.27 bits per heavy atom. The van der Waals surface area contributed by atoms with Crippen LogP contribution >= 0.6 is 0 Å². The van der Waals surface area contributed by atoms with Crippen LogP contribution in [0, 0.1) is 0 Å². The molecule has 3 aromatic rings. The number of fused-ring (bicyclic) bond motifs is 1. The van der Waals surface area contributed by atoms with Crippen LogP contribution in [0.1, 0.15) is 0 Å². The number of nitrogens with zero attached hydrogens (tertiary/aromatic N) is 2. The molecular formula is C19H15N2O+. The highest BCUT2D eigenvalue weighted by molar-refractivity contribution is 5.76. The lowest BCUT2D eigenvalue weighted by Crippen LogP contribution is -2.15. The van der Waals surface area contributed by atoms with Gasteiger partial charge in [0.1, 0.15) is 0 Å². The molecule has 0 amide bonds. The van der Waals surface area contributed by atoms with Crippen molar-refractivity contribution in [3.8, 4) is 16.9 Å². The number of azo groups is 2. The molecule has 0 unspecified atom stereocenters. The molecule has 1 aliphatic rings. The molecule has 0 bridgehead atoms. The standard InChI is InChI=1S/C19H15N2O/c1-3-8-15(9-4-1)17-12-7-13-18-19(17)22-14-21(20-18)16-10-5-2-6-11-16/h1-13H,14H2/q+1. The van der Waals surface area contributed by atoms with Crippen molar-refractivity contribution in [2.45, 2.75) is 0 Å². The number of hydrogen-bond donors (Lipinski definition) is 0. The SMILES string of the molecule is c1ccc(-c2cccc3c2OC[N+](c2ccccc2)=N3)cc1. The van der Waals surface area contributed by atoms with Crippen molar-refractivity contribution >= 4 is 11.4 Å². The molecule has 3 nitrogen and oxygen atoms in total. The van der Waals surface area contributed by atoms with E-state index in [4.69, 9.17) is 9.85 Å². The van der Waals surface area contributed by atoms with E-state index in [0.29, 0.717) is 6.73 Å². The van der Waals surface area contributed by atoms with Crippen molar-refractivity contribution in [2.24, 2.45) is 5.11 Å². The van der Waals surface area contributed by atoms with Crippen molar-refractivity contribution in [1.82, 2.24) is 0 Å². The average molecular weight is 287 g/mol. The van der Waals surface area contributed by atoms with Crippen molar-refractivity contribution in [2.75, 3.05) is 6.73 Å². The molecular weight excluding hydrogens is 272 g/mol. The minimum Gasteiger partial charge on any atom is -0.431 e. The Bertz CT molecular complexity index is 827. The Kier molecular flexibility index (Phi) is 3.16. The molecule has 0 saturated carbocycles. The van der Waals surface area contributed by atoms with Crippen molar-refractivity contribution in [3.05, 3.63) is 78.9 Å². The van der Waals surface area contributed by atoms with Crippen LogP contribution in [0.4, 0.5) is 11.4 Å². The molecule has 1 aliphatic heterocycles. The van der Waals surface area contributed by atoms with Crippen molar-refractivity contribution in [1.29, 1.82) is 0 Å². The molecule has 4 rings (SSSR count). The fraction of sp³-hybridized carbons (Fsp3) is 0.0526. The summed E-state index contributed by atoms with van der Waals surface area (Å²) in [7, 11) is 0. The molecule has 0 aliphatic carbocycles. The maximum absolute atomic E-state index is 6.01. The summed E-state index contributed by atoms with van der Waals surface area (Å²) in [6.07, 6.45) is 0. The molecule has 0 fully saturated rings. The van der Waals surface area contributed by atoms with Gasteiger partial charge in [0, 0.05) is 22.8 Å². The van der Waals surface area contributed by atoms with Gasteiger partial charge in [0.05, 0.1) is 0 Å². The lowest BCUT2D eigenvalue weighted by Gasteiger charge is -2.15. The summed E-state index contributed by atoms with van der Waals surface area (Å²) in [6.45, 7) is 0.418. The van der Waals surface area contributed by atoms with Crippen LogP contribution in [0.2, 0.25) is 0 Å². The zero-order valence-corrected chi connectivity index (χ0v) is 12.0. The quantitative estimate of drug-likeness (QED) is 0.599. The molecule has 1 heterocycles. The highest BCUT2D eigenvalue weighted by Crippen LogP contribution is 2.40. The zero-order chi connectivity index (χ0) is 14.8. The summed E-state index contributed by atoms with van der Waals surface area (Å²) in [4.78, 5) is 0. The second-order valence-corrected chi connectivity index (χ2v) is 5.13. The molecule has 3 aromatic carbocycles. The summed E-state index contributed by atoms with van der Waals surface area (Å²) in [5.41, 5.74) is 4.10. The van der Waals surface area contributed by atoms with Gasteiger partial charge < -0.3 is 4.74 Å². The van der Waals surface area contributed by atoms with E-state index in [0.717, 1.165) is 28.3 Å². The molecule has 22 heavy (non-hydrogen) atoms. The maximum atomic E-state index is 6.01. The number of rotatable bonds is 2. The topological polar surface area (TPSA) is 24.6 Å². The lowest BCUT2D eigenvalue weighted by atomic mass is 10.0. The Morgan fingerprint density at radius 1 is 0.773 bits per heavy atom. The van der Waals surface area contributed by atoms with E-state index >= 15 is 0 Å². The van der Waals surface area contributed by atoms with Gasteiger partial charge in [-0.3, -0.25) is 0 Å². The van der Waals surface area contributed by atoms with Gasteiger partial charge in [0.2, 0.25) is 5.69 Å². The average Bonchev–Trinajstić information content (AvgIpc) is 2.62. The highest BCUT2D eigenvalue weighted by Gasteiger charge is 2.23. The van der Waals surface area contributed by atoms with Gasteiger partial charge in [-0.15, -0.1) is 0 Å². The second kappa shape index (κ2) is 5.45. The molecule has 0 N–H and O–H groups in total. The third-order valence-electron chi connectivity index (χ3n) is 3.69. The summed E-state index contributed by atoms with van der Waals surface area (Å²) in [5, 5.41) is 4.71. The third-order valence-corrected chi connectivity index (χ3v) is 3.69. The van der Waals surface area contributed by atoms with Crippen LogP contribution < -0.4 is 4.74 Å². The second-order valence-electron chi connectivity index (χ2n) is 5.13. The van der Waals surface area contributed by atoms with E-state index in [1.807, 2.05) is 65.4 Å². The van der Waals surface area contributed by atoms with Gasteiger partial charge in [-0.25, -0.2) is 0 Å². The minimum atomic E-state index is 0.418. The predicted molar refractivity (Wildman–Crippen MR) is 85.8 cm³/mol. The van der Waals surface area contributed by atoms with Gasteiger partial charge in [-0.05, 0) is 16.3 Å². The first-order chi connectivity index (χ1) is 10.9. The van der Waals surface area contributed by atoms with Crippen LogP contribution in [0.25, 0.3) is 11.1 Å². The Labute approximate surface area is 129 Å².